The van der Waals surface area contributed by atoms with Gasteiger partial charge in [-0.25, -0.2) is 0 Å². The fourth-order valence-corrected chi connectivity index (χ4v) is 2.93. The van der Waals surface area contributed by atoms with Gasteiger partial charge in [-0.15, -0.1) is 11.3 Å². The molecule has 0 aliphatic heterocycles. The highest BCUT2D eigenvalue weighted by Gasteiger charge is 2.21. The molecule has 16 heavy (non-hydrogen) atoms. The molecule has 0 bridgehead atoms. The van der Waals surface area contributed by atoms with Crippen LogP contribution in [-0.4, -0.2) is 22.0 Å². The van der Waals surface area contributed by atoms with Crippen LogP contribution in [0.25, 0.3) is 0 Å². The number of halogens is 1. The molecule has 6 heteroatoms. The first kappa shape index (κ1) is 11.6. The van der Waals surface area contributed by atoms with Crippen molar-refractivity contribution >= 4 is 27.3 Å². The summed E-state index contributed by atoms with van der Waals surface area (Å²) in [4.78, 5) is 0.855. The lowest BCUT2D eigenvalue weighted by atomic mass is 10.2. The van der Waals surface area contributed by atoms with Gasteiger partial charge in [0.15, 0.2) is 5.75 Å². The molecule has 0 saturated carbocycles. The number of aryl methyl sites for hydroxylation is 1. The van der Waals surface area contributed by atoms with Crippen LogP contribution in [0.1, 0.15) is 16.7 Å². The van der Waals surface area contributed by atoms with Gasteiger partial charge in [0.05, 0.1) is 13.3 Å². The number of aliphatic hydroxyl groups excluding tert-OH is 1. The van der Waals surface area contributed by atoms with Gasteiger partial charge in [-0.05, 0) is 22.0 Å². The van der Waals surface area contributed by atoms with E-state index in [0.29, 0.717) is 11.4 Å². The Bertz CT molecular complexity index is 495. The van der Waals surface area contributed by atoms with Crippen LogP contribution in [-0.2, 0) is 7.05 Å². The molecule has 0 aliphatic rings. The number of methoxy groups -OCH3 is 1. The van der Waals surface area contributed by atoms with E-state index in [9.17, 15) is 5.11 Å². The molecule has 0 aromatic carbocycles. The van der Waals surface area contributed by atoms with Crippen molar-refractivity contribution in [2.75, 3.05) is 7.11 Å². The van der Waals surface area contributed by atoms with Crippen LogP contribution in [0.2, 0.25) is 0 Å². The summed E-state index contributed by atoms with van der Waals surface area (Å²) in [5.74, 6) is 0.597. The summed E-state index contributed by atoms with van der Waals surface area (Å²) in [7, 11) is 3.35. The number of aliphatic hydroxyl groups is 1. The van der Waals surface area contributed by atoms with Crippen molar-refractivity contribution in [3.05, 3.63) is 32.7 Å². The van der Waals surface area contributed by atoms with E-state index in [1.54, 1.807) is 25.0 Å². The molecule has 0 radical (unpaired) electrons. The molecule has 0 fully saturated rings. The van der Waals surface area contributed by atoms with Gasteiger partial charge in [0, 0.05) is 21.8 Å². The molecule has 86 valence electrons. The second-order valence-electron chi connectivity index (χ2n) is 3.29. The zero-order valence-electron chi connectivity index (χ0n) is 8.85. The Labute approximate surface area is 106 Å². The highest BCUT2D eigenvalue weighted by atomic mass is 79.9. The number of hydrogen-bond acceptors (Lipinski definition) is 4. The molecule has 1 unspecified atom stereocenters. The van der Waals surface area contributed by atoms with Gasteiger partial charge in [0.25, 0.3) is 0 Å². The zero-order valence-corrected chi connectivity index (χ0v) is 11.2. The third kappa shape index (κ3) is 2.00. The second-order valence-corrected chi connectivity index (χ2v) is 5.15. The first-order valence-corrected chi connectivity index (χ1v) is 6.28. The van der Waals surface area contributed by atoms with E-state index in [4.69, 9.17) is 4.74 Å². The summed E-state index contributed by atoms with van der Waals surface area (Å²) in [6, 6.07) is 1.89. The maximum atomic E-state index is 10.2. The molecule has 2 aromatic heterocycles. The van der Waals surface area contributed by atoms with Crippen LogP contribution in [0.5, 0.6) is 5.75 Å². The van der Waals surface area contributed by atoms with Crippen molar-refractivity contribution in [1.82, 2.24) is 9.78 Å². The molecule has 0 saturated heterocycles. The third-order valence-corrected chi connectivity index (χ3v) is 4.03. The van der Waals surface area contributed by atoms with Gasteiger partial charge in [-0.1, -0.05) is 0 Å². The largest absolute Gasteiger partial charge is 0.493 e. The SMILES string of the molecule is COc1cnn(C)c1C(O)c1cc(Br)cs1. The number of ether oxygens (including phenoxy) is 1. The van der Waals surface area contributed by atoms with Crippen molar-refractivity contribution in [2.24, 2.45) is 7.05 Å². The van der Waals surface area contributed by atoms with Gasteiger partial charge in [-0.3, -0.25) is 4.68 Å². The quantitative estimate of drug-likeness (QED) is 0.946. The lowest BCUT2D eigenvalue weighted by Crippen LogP contribution is -2.06. The molecule has 0 amide bonds. The zero-order chi connectivity index (χ0) is 11.7. The fourth-order valence-electron chi connectivity index (χ4n) is 1.50. The predicted molar refractivity (Wildman–Crippen MR) is 65.8 cm³/mol. The Morgan fingerprint density at radius 2 is 2.38 bits per heavy atom. The highest BCUT2D eigenvalue weighted by molar-refractivity contribution is 9.10. The van der Waals surface area contributed by atoms with E-state index < -0.39 is 6.10 Å². The highest BCUT2D eigenvalue weighted by Crippen LogP contribution is 2.33. The molecule has 1 atom stereocenters. The third-order valence-electron chi connectivity index (χ3n) is 2.29. The van der Waals surface area contributed by atoms with Gasteiger partial charge in [0.2, 0.25) is 0 Å². The van der Waals surface area contributed by atoms with Crippen molar-refractivity contribution in [2.45, 2.75) is 6.10 Å². The lowest BCUT2D eigenvalue weighted by molar-refractivity contribution is 0.208. The van der Waals surface area contributed by atoms with Crippen LogP contribution in [0, 0.1) is 0 Å². The van der Waals surface area contributed by atoms with Crippen LogP contribution in [0.3, 0.4) is 0 Å². The van der Waals surface area contributed by atoms with Gasteiger partial charge < -0.3 is 9.84 Å². The molecule has 2 heterocycles. The van der Waals surface area contributed by atoms with E-state index in [1.807, 2.05) is 11.4 Å². The van der Waals surface area contributed by atoms with Crippen molar-refractivity contribution < 1.29 is 9.84 Å². The summed E-state index contributed by atoms with van der Waals surface area (Å²) in [6.45, 7) is 0. The summed E-state index contributed by atoms with van der Waals surface area (Å²) in [5, 5.41) is 16.2. The topological polar surface area (TPSA) is 47.3 Å². The fraction of sp³-hybridized carbons (Fsp3) is 0.300. The minimum atomic E-state index is -0.709. The van der Waals surface area contributed by atoms with Crippen molar-refractivity contribution in [1.29, 1.82) is 0 Å². The normalized spacial score (nSPS) is 12.8. The maximum absolute atomic E-state index is 10.2. The number of thiophene rings is 1. The molecule has 0 aliphatic carbocycles. The van der Waals surface area contributed by atoms with Crippen LogP contribution < -0.4 is 4.74 Å². The standard InChI is InChI=1S/C10H11BrN2O2S/c1-13-9(7(15-2)4-12-13)10(14)8-3-6(11)5-16-8/h3-5,10,14H,1-2H3. The van der Waals surface area contributed by atoms with E-state index in [-0.39, 0.29) is 0 Å². The lowest BCUT2D eigenvalue weighted by Gasteiger charge is -2.10. The summed E-state index contributed by atoms with van der Waals surface area (Å²) < 4.78 is 7.75. The Hall–Kier alpha value is -0.850. The van der Waals surface area contributed by atoms with E-state index in [1.165, 1.54) is 11.3 Å². The Balaban J connectivity index is 2.40. The summed E-state index contributed by atoms with van der Waals surface area (Å²) in [6.07, 6.45) is 0.889. The van der Waals surface area contributed by atoms with Crippen molar-refractivity contribution in [3.8, 4) is 5.75 Å². The predicted octanol–water partition coefficient (Wildman–Crippen LogP) is 2.33. The molecule has 0 spiro atoms. The number of aromatic nitrogens is 2. The molecule has 2 aromatic rings. The summed E-state index contributed by atoms with van der Waals surface area (Å²) in [5.41, 5.74) is 0.664. The Kier molecular flexibility index (Phi) is 3.32. The van der Waals surface area contributed by atoms with Gasteiger partial charge in [-0.2, -0.15) is 5.10 Å². The number of rotatable bonds is 3. The second kappa shape index (κ2) is 4.57. The maximum Gasteiger partial charge on any atom is 0.163 e. The van der Waals surface area contributed by atoms with Crippen molar-refractivity contribution in [3.63, 3.8) is 0 Å². The van der Waals surface area contributed by atoms with Crippen LogP contribution in [0.15, 0.2) is 22.1 Å². The first-order chi connectivity index (χ1) is 7.63. The average molecular weight is 303 g/mol. The number of hydrogen-bond donors (Lipinski definition) is 1. The monoisotopic (exact) mass is 302 g/mol. The molecular weight excluding hydrogens is 292 g/mol. The minimum absolute atomic E-state index is 0.597. The summed E-state index contributed by atoms with van der Waals surface area (Å²) >= 11 is 4.85. The molecular formula is C10H11BrN2O2S. The van der Waals surface area contributed by atoms with E-state index in [0.717, 1.165) is 9.35 Å². The van der Waals surface area contributed by atoms with E-state index >= 15 is 0 Å². The average Bonchev–Trinajstić information content (AvgIpc) is 2.83. The van der Waals surface area contributed by atoms with Gasteiger partial charge in [0.1, 0.15) is 11.8 Å². The number of nitrogens with zero attached hydrogens (tertiary/aromatic N) is 2. The van der Waals surface area contributed by atoms with Gasteiger partial charge >= 0.3 is 0 Å². The van der Waals surface area contributed by atoms with Crippen LogP contribution >= 0.6 is 27.3 Å². The molecule has 1 N–H and O–H groups in total. The molecule has 4 nitrogen and oxygen atoms in total. The Morgan fingerprint density at radius 3 is 2.94 bits per heavy atom. The van der Waals surface area contributed by atoms with Crippen LogP contribution in [0.4, 0.5) is 0 Å². The first-order valence-electron chi connectivity index (χ1n) is 4.61. The minimum Gasteiger partial charge on any atom is -0.493 e. The smallest absolute Gasteiger partial charge is 0.163 e. The Morgan fingerprint density at radius 1 is 1.62 bits per heavy atom. The van der Waals surface area contributed by atoms with E-state index in [2.05, 4.69) is 21.0 Å². The molecule has 2 rings (SSSR count).